The van der Waals surface area contributed by atoms with Gasteiger partial charge in [0.15, 0.2) is 6.10 Å². The largest absolute Gasteiger partial charge is 0.462 e. The zero-order valence-electron chi connectivity index (χ0n) is 32.4. The fourth-order valence-electron chi connectivity index (χ4n) is 5.33. The molecule has 0 aromatic heterocycles. The lowest BCUT2D eigenvalue weighted by atomic mass is 10.1. The van der Waals surface area contributed by atoms with E-state index < -0.39 is 6.10 Å². The van der Waals surface area contributed by atoms with Crippen LogP contribution in [-0.2, 0) is 19.1 Å². The standard InChI is InChI=1S/C45H76O5/c1-3-5-7-9-11-13-15-17-19-21-22-24-25-27-29-31-33-35-37-39-44(47)49-42-43(41-46)50-45(48)40-38-36-34-32-30-28-26-23-20-18-16-14-12-10-8-6-4-2/h11-14,17-20,22,24,27,29,43,46H,3-10,15-16,21,23,25-26,28,30-42H2,1-2H3/b13-11-,14-12-,19-17-,20-18-,24-22-,29-27-/t43-/m0/s1. The molecule has 0 aliphatic rings. The summed E-state index contributed by atoms with van der Waals surface area (Å²) in [5.41, 5.74) is 0. The molecule has 0 spiro atoms. The third-order valence-corrected chi connectivity index (χ3v) is 8.47. The summed E-state index contributed by atoms with van der Waals surface area (Å²) in [5.74, 6) is -0.641. The lowest BCUT2D eigenvalue weighted by Gasteiger charge is -2.15. The van der Waals surface area contributed by atoms with Crippen molar-refractivity contribution in [2.75, 3.05) is 13.2 Å². The summed E-state index contributed by atoms with van der Waals surface area (Å²) in [7, 11) is 0. The molecule has 0 aromatic rings. The molecule has 0 aliphatic carbocycles. The van der Waals surface area contributed by atoms with Crippen LogP contribution in [0.3, 0.4) is 0 Å². The van der Waals surface area contributed by atoms with Gasteiger partial charge in [-0.25, -0.2) is 0 Å². The summed E-state index contributed by atoms with van der Waals surface area (Å²) in [6.07, 6.45) is 53.8. The highest BCUT2D eigenvalue weighted by Gasteiger charge is 2.16. The van der Waals surface area contributed by atoms with Crippen LogP contribution in [-0.4, -0.2) is 36.4 Å². The van der Waals surface area contributed by atoms with Crippen molar-refractivity contribution in [3.05, 3.63) is 72.9 Å². The van der Waals surface area contributed by atoms with Gasteiger partial charge in [-0.1, -0.05) is 151 Å². The summed E-state index contributed by atoms with van der Waals surface area (Å²) in [4.78, 5) is 24.3. The molecule has 1 atom stereocenters. The van der Waals surface area contributed by atoms with Crippen molar-refractivity contribution in [3.63, 3.8) is 0 Å². The van der Waals surface area contributed by atoms with Crippen LogP contribution in [0.25, 0.3) is 0 Å². The minimum Gasteiger partial charge on any atom is -0.462 e. The number of aliphatic hydroxyl groups excluding tert-OH is 1. The molecule has 0 saturated carbocycles. The monoisotopic (exact) mass is 697 g/mol. The van der Waals surface area contributed by atoms with Crippen LogP contribution in [0.15, 0.2) is 72.9 Å². The van der Waals surface area contributed by atoms with Crippen molar-refractivity contribution in [2.24, 2.45) is 0 Å². The number of carbonyl (C=O) groups excluding carboxylic acids is 2. The Morgan fingerprint density at radius 1 is 0.460 bits per heavy atom. The van der Waals surface area contributed by atoms with Gasteiger partial charge < -0.3 is 14.6 Å². The second-order valence-electron chi connectivity index (χ2n) is 13.4. The Hall–Kier alpha value is -2.66. The van der Waals surface area contributed by atoms with Gasteiger partial charge in [-0.15, -0.1) is 0 Å². The normalized spacial score (nSPS) is 12.9. The van der Waals surface area contributed by atoms with Crippen molar-refractivity contribution in [1.82, 2.24) is 0 Å². The number of hydrogen-bond acceptors (Lipinski definition) is 5. The van der Waals surface area contributed by atoms with E-state index in [0.29, 0.717) is 12.8 Å². The van der Waals surface area contributed by atoms with E-state index in [1.807, 2.05) is 0 Å². The molecule has 0 aliphatic heterocycles. The Kier molecular flexibility index (Phi) is 38.6. The van der Waals surface area contributed by atoms with Gasteiger partial charge in [-0.05, 0) is 89.9 Å². The van der Waals surface area contributed by atoms with Gasteiger partial charge in [0, 0.05) is 12.8 Å². The molecule has 0 bridgehead atoms. The maximum Gasteiger partial charge on any atom is 0.306 e. The summed E-state index contributed by atoms with van der Waals surface area (Å²) in [6.45, 7) is 4.04. The van der Waals surface area contributed by atoms with Crippen molar-refractivity contribution >= 4 is 11.9 Å². The molecular weight excluding hydrogens is 620 g/mol. The van der Waals surface area contributed by atoms with Gasteiger partial charge in [-0.2, -0.15) is 0 Å². The fraction of sp³-hybridized carbons (Fsp3) is 0.689. The van der Waals surface area contributed by atoms with Crippen molar-refractivity contribution < 1.29 is 24.2 Å². The molecule has 0 unspecified atom stereocenters. The van der Waals surface area contributed by atoms with Crippen LogP contribution in [0.1, 0.15) is 181 Å². The number of esters is 2. The number of carbonyl (C=O) groups is 2. The first-order valence-corrected chi connectivity index (χ1v) is 20.5. The highest BCUT2D eigenvalue weighted by Crippen LogP contribution is 2.12. The predicted molar refractivity (Wildman–Crippen MR) is 214 cm³/mol. The first-order chi connectivity index (χ1) is 24.6. The lowest BCUT2D eigenvalue weighted by Crippen LogP contribution is -2.28. The Morgan fingerprint density at radius 3 is 1.22 bits per heavy atom. The van der Waals surface area contributed by atoms with E-state index in [9.17, 15) is 14.7 Å². The number of allylic oxidation sites excluding steroid dienone is 12. The van der Waals surface area contributed by atoms with E-state index in [1.165, 1.54) is 77.0 Å². The van der Waals surface area contributed by atoms with Crippen molar-refractivity contribution in [2.45, 2.75) is 187 Å². The summed E-state index contributed by atoms with van der Waals surface area (Å²) < 4.78 is 10.6. The summed E-state index contributed by atoms with van der Waals surface area (Å²) in [6, 6.07) is 0. The average molecular weight is 697 g/mol. The molecule has 0 amide bonds. The molecule has 0 radical (unpaired) electrons. The molecular formula is C45H76O5. The number of unbranched alkanes of at least 4 members (excludes halogenated alkanes) is 16. The number of ether oxygens (including phenoxy) is 2. The molecule has 1 N–H and O–H groups in total. The molecule has 0 aromatic carbocycles. The Morgan fingerprint density at radius 2 is 0.800 bits per heavy atom. The van der Waals surface area contributed by atoms with Crippen LogP contribution >= 0.6 is 0 Å². The Balaban J connectivity index is 3.66. The van der Waals surface area contributed by atoms with Crippen molar-refractivity contribution in [3.8, 4) is 0 Å². The minimum atomic E-state index is -0.792. The van der Waals surface area contributed by atoms with E-state index in [0.717, 1.165) is 77.0 Å². The molecule has 0 saturated heterocycles. The minimum absolute atomic E-state index is 0.0891. The SMILES string of the molecule is CCCCC/C=C\C/C=C\C/C=C\C/C=C\CCCCCC(=O)OC[C@H](CO)OC(=O)CCCCCCCCC/C=C\C/C=C\CCCCC. The smallest absolute Gasteiger partial charge is 0.306 e. The molecule has 5 heteroatoms. The molecule has 0 fully saturated rings. The van der Waals surface area contributed by atoms with Gasteiger partial charge >= 0.3 is 11.9 Å². The van der Waals surface area contributed by atoms with Gasteiger partial charge in [0.05, 0.1) is 6.61 Å². The van der Waals surface area contributed by atoms with Gasteiger partial charge in [0.2, 0.25) is 0 Å². The highest BCUT2D eigenvalue weighted by atomic mass is 16.6. The third-order valence-electron chi connectivity index (χ3n) is 8.47. The van der Waals surface area contributed by atoms with Crippen LogP contribution in [0, 0.1) is 0 Å². The Labute approximate surface area is 308 Å². The quantitative estimate of drug-likeness (QED) is 0.0401. The molecule has 286 valence electrons. The van der Waals surface area contributed by atoms with E-state index in [-0.39, 0.29) is 25.2 Å². The topological polar surface area (TPSA) is 72.8 Å². The van der Waals surface area contributed by atoms with E-state index >= 15 is 0 Å². The fourth-order valence-corrected chi connectivity index (χ4v) is 5.33. The first kappa shape index (κ1) is 47.3. The number of rotatable bonds is 36. The van der Waals surface area contributed by atoms with E-state index in [2.05, 4.69) is 86.8 Å². The number of hydrogen-bond donors (Lipinski definition) is 1. The summed E-state index contributed by atoms with van der Waals surface area (Å²) >= 11 is 0. The lowest BCUT2D eigenvalue weighted by molar-refractivity contribution is -0.161. The van der Waals surface area contributed by atoms with Crippen LogP contribution in [0.2, 0.25) is 0 Å². The highest BCUT2D eigenvalue weighted by molar-refractivity contribution is 5.70. The summed E-state index contributed by atoms with van der Waals surface area (Å²) in [5, 5.41) is 9.56. The van der Waals surface area contributed by atoms with Crippen LogP contribution in [0.5, 0.6) is 0 Å². The van der Waals surface area contributed by atoms with E-state index in [4.69, 9.17) is 9.47 Å². The van der Waals surface area contributed by atoms with Crippen LogP contribution < -0.4 is 0 Å². The molecule has 50 heavy (non-hydrogen) atoms. The molecule has 5 nitrogen and oxygen atoms in total. The first-order valence-electron chi connectivity index (χ1n) is 20.5. The molecule has 0 heterocycles. The van der Waals surface area contributed by atoms with Crippen molar-refractivity contribution in [1.29, 1.82) is 0 Å². The maximum absolute atomic E-state index is 12.2. The average Bonchev–Trinajstić information content (AvgIpc) is 3.12. The maximum atomic E-state index is 12.2. The van der Waals surface area contributed by atoms with Gasteiger partial charge in [-0.3, -0.25) is 9.59 Å². The Bertz CT molecular complexity index is 926. The second kappa shape index (κ2) is 40.8. The van der Waals surface area contributed by atoms with Gasteiger partial charge in [0.25, 0.3) is 0 Å². The van der Waals surface area contributed by atoms with Crippen LogP contribution in [0.4, 0.5) is 0 Å². The van der Waals surface area contributed by atoms with E-state index in [1.54, 1.807) is 0 Å². The molecule has 0 rings (SSSR count). The second-order valence-corrected chi connectivity index (χ2v) is 13.4. The zero-order valence-corrected chi connectivity index (χ0v) is 32.4. The number of aliphatic hydroxyl groups is 1. The van der Waals surface area contributed by atoms with Gasteiger partial charge in [0.1, 0.15) is 6.61 Å². The predicted octanol–water partition coefficient (Wildman–Crippen LogP) is 13.0. The zero-order chi connectivity index (χ0) is 36.4. The third kappa shape index (κ3) is 38.1.